The molecule has 0 saturated heterocycles. The van der Waals surface area contributed by atoms with Gasteiger partial charge in [0.1, 0.15) is 5.75 Å². The predicted octanol–water partition coefficient (Wildman–Crippen LogP) is 4.32. The van der Waals surface area contributed by atoms with Crippen LogP contribution in [0.2, 0.25) is 5.02 Å². The quantitative estimate of drug-likeness (QED) is 0.579. The maximum atomic E-state index is 12.1. The minimum absolute atomic E-state index is 0.414. The molecule has 2 rings (SSSR count). The van der Waals surface area contributed by atoms with Crippen LogP contribution in [0.1, 0.15) is 19.4 Å². The Morgan fingerprint density at radius 3 is 2.38 bits per heavy atom. The van der Waals surface area contributed by atoms with Crippen LogP contribution in [0.3, 0.4) is 0 Å². The van der Waals surface area contributed by atoms with Crippen LogP contribution in [-0.4, -0.2) is 24.6 Å². The summed E-state index contributed by atoms with van der Waals surface area (Å²) in [5.41, 5.74) is 1.40. The molecule has 0 aliphatic rings. The molecule has 1 amide bonds. The standard InChI is InChI=1S/C20H20ClNO4/c1-3-25-18-11-9-17(10-12-18)22-20(24)14(2)26-19(23)13-6-15-4-7-16(21)8-5-15/h4-14H,3H2,1-2H3,(H,22,24)/b13-6+/t14-/m0/s1. The van der Waals surface area contributed by atoms with Gasteiger partial charge in [0.2, 0.25) is 0 Å². The number of carbonyl (C=O) groups excluding carboxylic acids is 2. The zero-order valence-electron chi connectivity index (χ0n) is 14.6. The number of carbonyl (C=O) groups is 2. The maximum Gasteiger partial charge on any atom is 0.331 e. The van der Waals surface area contributed by atoms with E-state index < -0.39 is 18.0 Å². The molecule has 0 unspecified atom stereocenters. The molecule has 136 valence electrons. The highest BCUT2D eigenvalue weighted by Crippen LogP contribution is 2.16. The van der Waals surface area contributed by atoms with Crippen molar-refractivity contribution < 1.29 is 19.1 Å². The molecule has 0 heterocycles. The highest BCUT2D eigenvalue weighted by Gasteiger charge is 2.16. The molecule has 0 bridgehead atoms. The fraction of sp³-hybridized carbons (Fsp3) is 0.200. The summed E-state index contributed by atoms with van der Waals surface area (Å²) < 4.78 is 10.4. The number of hydrogen-bond acceptors (Lipinski definition) is 4. The molecule has 26 heavy (non-hydrogen) atoms. The van der Waals surface area contributed by atoms with E-state index in [1.807, 2.05) is 6.92 Å². The first kappa shape index (κ1) is 19.5. The van der Waals surface area contributed by atoms with Crippen molar-refractivity contribution in [1.82, 2.24) is 0 Å². The van der Waals surface area contributed by atoms with Gasteiger partial charge in [-0.05, 0) is 61.9 Å². The first-order valence-corrected chi connectivity index (χ1v) is 8.53. The number of amides is 1. The third-order valence-electron chi connectivity index (χ3n) is 3.38. The van der Waals surface area contributed by atoms with E-state index in [0.29, 0.717) is 17.3 Å². The second kappa shape index (κ2) is 9.63. The molecular weight excluding hydrogens is 354 g/mol. The van der Waals surface area contributed by atoms with Crippen molar-refractivity contribution >= 4 is 35.2 Å². The average molecular weight is 374 g/mol. The number of esters is 1. The van der Waals surface area contributed by atoms with Crippen LogP contribution >= 0.6 is 11.6 Å². The summed E-state index contributed by atoms with van der Waals surface area (Å²) in [7, 11) is 0. The summed E-state index contributed by atoms with van der Waals surface area (Å²) >= 11 is 5.80. The third-order valence-corrected chi connectivity index (χ3v) is 3.63. The van der Waals surface area contributed by atoms with E-state index >= 15 is 0 Å². The number of halogens is 1. The number of anilines is 1. The summed E-state index contributed by atoms with van der Waals surface area (Å²) in [5.74, 6) is -0.297. The number of rotatable bonds is 7. The van der Waals surface area contributed by atoms with Crippen LogP contribution in [0, 0.1) is 0 Å². The number of ether oxygens (including phenoxy) is 2. The fourth-order valence-corrected chi connectivity index (χ4v) is 2.18. The summed E-state index contributed by atoms with van der Waals surface area (Å²) in [5, 5.41) is 3.30. The monoisotopic (exact) mass is 373 g/mol. The molecule has 0 spiro atoms. The molecule has 0 radical (unpaired) electrons. The molecule has 6 heteroatoms. The van der Waals surface area contributed by atoms with E-state index in [1.165, 1.54) is 13.0 Å². The van der Waals surface area contributed by atoms with Crippen molar-refractivity contribution in [3.8, 4) is 5.75 Å². The predicted molar refractivity (Wildman–Crippen MR) is 102 cm³/mol. The van der Waals surface area contributed by atoms with Crippen molar-refractivity contribution in [1.29, 1.82) is 0 Å². The SMILES string of the molecule is CCOc1ccc(NC(=O)[C@H](C)OC(=O)/C=C/c2ccc(Cl)cc2)cc1. The van der Waals surface area contributed by atoms with Crippen molar-refractivity contribution in [2.45, 2.75) is 20.0 Å². The minimum atomic E-state index is -0.927. The van der Waals surface area contributed by atoms with E-state index in [4.69, 9.17) is 21.1 Å². The van der Waals surface area contributed by atoms with Gasteiger partial charge in [0.05, 0.1) is 6.61 Å². The number of benzene rings is 2. The normalized spacial score (nSPS) is 11.8. The van der Waals surface area contributed by atoms with Gasteiger partial charge in [-0.25, -0.2) is 4.79 Å². The van der Waals surface area contributed by atoms with Crippen LogP contribution in [-0.2, 0) is 14.3 Å². The van der Waals surface area contributed by atoms with Crippen LogP contribution in [0.5, 0.6) is 5.75 Å². The zero-order chi connectivity index (χ0) is 18.9. The second-order valence-corrected chi connectivity index (χ2v) is 5.85. The van der Waals surface area contributed by atoms with Gasteiger partial charge in [0.25, 0.3) is 5.91 Å². The number of hydrogen-bond donors (Lipinski definition) is 1. The summed E-state index contributed by atoms with van der Waals surface area (Å²) in [6.07, 6.45) is 1.93. The highest BCUT2D eigenvalue weighted by atomic mass is 35.5. The van der Waals surface area contributed by atoms with Gasteiger partial charge >= 0.3 is 5.97 Å². The molecule has 0 aliphatic carbocycles. The Hall–Kier alpha value is -2.79. The van der Waals surface area contributed by atoms with Crippen LogP contribution in [0.25, 0.3) is 6.08 Å². The van der Waals surface area contributed by atoms with E-state index in [0.717, 1.165) is 11.3 Å². The van der Waals surface area contributed by atoms with Gasteiger partial charge in [-0.2, -0.15) is 0 Å². The van der Waals surface area contributed by atoms with Gasteiger partial charge < -0.3 is 14.8 Å². The molecule has 0 fully saturated rings. The lowest BCUT2D eigenvalue weighted by Crippen LogP contribution is -2.29. The molecule has 0 aliphatic heterocycles. The second-order valence-electron chi connectivity index (χ2n) is 5.41. The molecule has 1 atom stereocenters. The third kappa shape index (κ3) is 6.26. The molecular formula is C20H20ClNO4. The van der Waals surface area contributed by atoms with E-state index in [1.54, 1.807) is 54.6 Å². The minimum Gasteiger partial charge on any atom is -0.494 e. The van der Waals surface area contributed by atoms with Gasteiger partial charge in [-0.1, -0.05) is 23.7 Å². The highest BCUT2D eigenvalue weighted by molar-refractivity contribution is 6.30. The van der Waals surface area contributed by atoms with Gasteiger partial charge in [0.15, 0.2) is 6.10 Å². The van der Waals surface area contributed by atoms with Gasteiger partial charge in [0, 0.05) is 16.8 Å². The Morgan fingerprint density at radius 2 is 1.77 bits per heavy atom. The van der Waals surface area contributed by atoms with E-state index in [9.17, 15) is 9.59 Å². The topological polar surface area (TPSA) is 64.6 Å². The van der Waals surface area contributed by atoms with Crippen LogP contribution < -0.4 is 10.1 Å². The lowest BCUT2D eigenvalue weighted by molar-refractivity contribution is -0.148. The van der Waals surface area contributed by atoms with Crippen molar-refractivity contribution in [2.24, 2.45) is 0 Å². The smallest absolute Gasteiger partial charge is 0.331 e. The van der Waals surface area contributed by atoms with Crippen LogP contribution in [0.15, 0.2) is 54.6 Å². The molecule has 5 nitrogen and oxygen atoms in total. The Kier molecular flexibility index (Phi) is 7.24. The van der Waals surface area contributed by atoms with E-state index in [2.05, 4.69) is 5.32 Å². The van der Waals surface area contributed by atoms with Crippen LogP contribution in [0.4, 0.5) is 5.69 Å². The maximum absolute atomic E-state index is 12.1. The zero-order valence-corrected chi connectivity index (χ0v) is 15.3. The first-order valence-electron chi connectivity index (χ1n) is 8.16. The van der Waals surface area contributed by atoms with Crippen molar-refractivity contribution in [3.63, 3.8) is 0 Å². The summed E-state index contributed by atoms with van der Waals surface area (Å²) in [4.78, 5) is 23.9. The first-order chi connectivity index (χ1) is 12.5. The van der Waals surface area contributed by atoms with Gasteiger partial charge in [-0.3, -0.25) is 4.79 Å². The molecule has 0 saturated carbocycles. The Labute approximate surface area is 157 Å². The summed E-state index contributed by atoms with van der Waals surface area (Å²) in [6, 6.07) is 13.9. The molecule has 1 N–H and O–H groups in total. The lowest BCUT2D eigenvalue weighted by atomic mass is 10.2. The largest absolute Gasteiger partial charge is 0.494 e. The van der Waals surface area contributed by atoms with Gasteiger partial charge in [-0.15, -0.1) is 0 Å². The average Bonchev–Trinajstić information content (AvgIpc) is 2.63. The fourth-order valence-electron chi connectivity index (χ4n) is 2.05. The van der Waals surface area contributed by atoms with E-state index in [-0.39, 0.29) is 0 Å². The lowest BCUT2D eigenvalue weighted by Gasteiger charge is -2.12. The summed E-state index contributed by atoms with van der Waals surface area (Å²) in [6.45, 7) is 3.98. The Bertz CT molecular complexity index is 769. The Balaban J connectivity index is 1.85. The van der Waals surface area contributed by atoms with Crippen molar-refractivity contribution in [2.75, 3.05) is 11.9 Å². The molecule has 0 aromatic heterocycles. The molecule has 2 aromatic carbocycles. The molecule has 2 aromatic rings. The van der Waals surface area contributed by atoms with Crippen molar-refractivity contribution in [3.05, 3.63) is 65.2 Å². The Morgan fingerprint density at radius 1 is 1.12 bits per heavy atom. The number of nitrogens with one attached hydrogen (secondary N) is 1.